The molecule has 2 aliphatic heterocycles. The largest absolute Gasteiger partial charge is 0.465 e. The molecule has 178 valence electrons. The molecule has 0 saturated heterocycles. The van der Waals surface area contributed by atoms with Crippen molar-refractivity contribution in [1.82, 2.24) is 10.2 Å². The maximum Gasteiger partial charge on any atom is 0.340 e. The van der Waals surface area contributed by atoms with Crippen LogP contribution in [0.5, 0.6) is 5.88 Å². The number of aromatic nitrogens is 2. The molecule has 0 saturated carbocycles. The van der Waals surface area contributed by atoms with Gasteiger partial charge in [-0.1, -0.05) is 78.9 Å². The number of carbonyl (C=O) groups is 2. The minimum atomic E-state index is -1.62. The van der Waals surface area contributed by atoms with Crippen molar-refractivity contribution in [3.8, 4) is 17.1 Å². The number of H-pyrrole nitrogens is 1. The zero-order chi connectivity index (χ0) is 24.9. The van der Waals surface area contributed by atoms with Gasteiger partial charge in [-0.05, 0) is 11.6 Å². The van der Waals surface area contributed by atoms with Gasteiger partial charge < -0.3 is 20.1 Å². The Morgan fingerprint density at radius 1 is 1.03 bits per heavy atom. The van der Waals surface area contributed by atoms with Crippen molar-refractivity contribution in [1.29, 1.82) is 0 Å². The van der Waals surface area contributed by atoms with Crippen LogP contribution in [0.4, 0.5) is 5.69 Å². The Morgan fingerprint density at radius 3 is 2.42 bits per heavy atom. The Kier molecular flexibility index (Phi) is 4.89. The van der Waals surface area contributed by atoms with Gasteiger partial charge in [-0.25, -0.2) is 4.79 Å². The Balaban J connectivity index is 1.67. The molecule has 3 heterocycles. The topological polar surface area (TPSA) is 111 Å². The highest BCUT2D eigenvalue weighted by Gasteiger charge is 2.62. The van der Waals surface area contributed by atoms with Gasteiger partial charge in [-0.15, -0.1) is 5.10 Å². The van der Waals surface area contributed by atoms with Crippen molar-refractivity contribution in [2.75, 3.05) is 12.0 Å². The lowest BCUT2D eigenvalue weighted by Crippen LogP contribution is -2.48. The summed E-state index contributed by atoms with van der Waals surface area (Å²) in [4.78, 5) is 29.7. The number of benzene rings is 3. The fraction of sp³-hybridized carbons (Fsp3) is 0.107. The summed E-state index contributed by atoms with van der Waals surface area (Å²) in [5, 5.41) is 7.37. The first-order chi connectivity index (χ1) is 17.6. The molecule has 3 aromatic carbocycles. The summed E-state index contributed by atoms with van der Waals surface area (Å²) in [6.45, 7) is 0.307. The van der Waals surface area contributed by atoms with E-state index in [0.29, 0.717) is 29.1 Å². The van der Waals surface area contributed by atoms with Gasteiger partial charge in [-0.3, -0.25) is 9.89 Å². The summed E-state index contributed by atoms with van der Waals surface area (Å²) in [7, 11) is 1.26. The molecule has 0 fully saturated rings. The number of para-hydroxylation sites is 1. The van der Waals surface area contributed by atoms with Crippen molar-refractivity contribution in [3.63, 3.8) is 0 Å². The summed E-state index contributed by atoms with van der Waals surface area (Å²) < 4.78 is 11.0. The van der Waals surface area contributed by atoms with E-state index in [0.717, 1.165) is 11.1 Å². The highest BCUT2D eigenvalue weighted by atomic mass is 16.5. The van der Waals surface area contributed by atoms with Crippen molar-refractivity contribution in [2.24, 2.45) is 5.73 Å². The van der Waals surface area contributed by atoms with E-state index in [2.05, 4.69) is 10.2 Å². The number of fused-ring (bicyclic) bond motifs is 4. The van der Waals surface area contributed by atoms with Crippen molar-refractivity contribution < 1.29 is 19.1 Å². The van der Waals surface area contributed by atoms with Gasteiger partial charge in [0.15, 0.2) is 0 Å². The number of nitrogens with one attached hydrogen (secondary N) is 1. The number of esters is 1. The van der Waals surface area contributed by atoms with Crippen LogP contribution < -0.4 is 15.4 Å². The average molecular weight is 479 g/mol. The first kappa shape index (κ1) is 21.7. The summed E-state index contributed by atoms with van der Waals surface area (Å²) in [5.41, 5.74) is 8.63. The number of hydrogen-bond donors (Lipinski definition) is 2. The van der Waals surface area contributed by atoms with Crippen LogP contribution in [-0.4, -0.2) is 29.2 Å². The molecule has 0 bridgehead atoms. The summed E-state index contributed by atoms with van der Waals surface area (Å²) >= 11 is 0. The molecule has 3 N–H and O–H groups in total. The minimum absolute atomic E-state index is 0.0657. The number of rotatable bonds is 4. The highest BCUT2D eigenvalue weighted by Crippen LogP contribution is 2.57. The molecule has 8 heteroatoms. The third-order valence-corrected chi connectivity index (χ3v) is 6.74. The molecule has 4 aromatic rings. The smallest absolute Gasteiger partial charge is 0.340 e. The second-order valence-corrected chi connectivity index (χ2v) is 8.62. The van der Waals surface area contributed by atoms with Gasteiger partial charge >= 0.3 is 5.97 Å². The molecular weight excluding hydrogens is 456 g/mol. The predicted molar refractivity (Wildman–Crippen MR) is 133 cm³/mol. The van der Waals surface area contributed by atoms with Gasteiger partial charge in [0.05, 0.1) is 24.9 Å². The first-order valence-corrected chi connectivity index (χ1v) is 11.4. The van der Waals surface area contributed by atoms with Crippen molar-refractivity contribution >= 4 is 17.6 Å². The van der Waals surface area contributed by atoms with E-state index in [9.17, 15) is 9.59 Å². The van der Waals surface area contributed by atoms with Gasteiger partial charge in [0.1, 0.15) is 11.0 Å². The molecule has 0 aliphatic carbocycles. The van der Waals surface area contributed by atoms with E-state index < -0.39 is 11.4 Å². The summed E-state index contributed by atoms with van der Waals surface area (Å²) in [6.07, 6.45) is 0. The quantitative estimate of drug-likeness (QED) is 0.433. The number of nitrogens with two attached hydrogens (primary N) is 1. The maximum atomic E-state index is 14.7. The number of anilines is 1. The number of hydrogen-bond acceptors (Lipinski definition) is 6. The van der Waals surface area contributed by atoms with Crippen LogP contribution in [0.25, 0.3) is 11.3 Å². The number of nitrogens with zero attached hydrogens (tertiary/aromatic N) is 2. The number of aromatic amines is 1. The average Bonchev–Trinajstić information content (AvgIpc) is 3.44. The molecule has 1 amide bonds. The normalized spacial score (nSPS) is 18.1. The Labute approximate surface area is 207 Å². The van der Waals surface area contributed by atoms with E-state index in [-0.39, 0.29) is 23.2 Å². The van der Waals surface area contributed by atoms with Gasteiger partial charge in [0.2, 0.25) is 17.7 Å². The third-order valence-electron chi connectivity index (χ3n) is 6.74. The predicted octanol–water partition coefficient (Wildman–Crippen LogP) is 3.65. The number of amides is 1. The molecule has 1 unspecified atom stereocenters. The Morgan fingerprint density at radius 2 is 1.69 bits per heavy atom. The van der Waals surface area contributed by atoms with E-state index in [4.69, 9.17) is 15.2 Å². The Hall–Kier alpha value is -4.85. The zero-order valence-corrected chi connectivity index (χ0v) is 19.4. The van der Waals surface area contributed by atoms with Crippen LogP contribution in [-0.2, 0) is 26.3 Å². The molecule has 0 radical (unpaired) electrons. The van der Waals surface area contributed by atoms with E-state index in [1.807, 2.05) is 84.9 Å². The van der Waals surface area contributed by atoms with Crippen LogP contribution in [0, 0.1) is 0 Å². The van der Waals surface area contributed by atoms with E-state index in [1.54, 1.807) is 4.90 Å². The monoisotopic (exact) mass is 478 g/mol. The highest BCUT2D eigenvalue weighted by molar-refractivity contribution is 6.19. The minimum Gasteiger partial charge on any atom is -0.465 e. The molecular formula is C28H22N4O4. The van der Waals surface area contributed by atoms with Gasteiger partial charge in [0, 0.05) is 16.8 Å². The molecule has 6 rings (SSSR count). The molecule has 1 aromatic heterocycles. The second-order valence-electron chi connectivity index (χ2n) is 8.62. The first-order valence-electron chi connectivity index (χ1n) is 11.4. The molecule has 36 heavy (non-hydrogen) atoms. The van der Waals surface area contributed by atoms with Gasteiger partial charge in [0.25, 0.3) is 0 Å². The standard InChI is InChI=1S/C28H22N4O4/c1-35-26(33)22-24(29)36-25-21(23(30-31-25)18-12-6-3-7-13-18)28(22)19-14-8-9-15-20(19)32(27(28)34)16-17-10-4-2-5-11-17/h2-15H,16,29H2,1H3,(H,30,31). The van der Waals surface area contributed by atoms with Crippen LogP contribution in [0.2, 0.25) is 0 Å². The van der Waals surface area contributed by atoms with Crippen LogP contribution >= 0.6 is 0 Å². The van der Waals surface area contributed by atoms with Crippen LogP contribution in [0.15, 0.2) is 96.4 Å². The second kappa shape index (κ2) is 8.13. The van der Waals surface area contributed by atoms with Crippen LogP contribution in [0.3, 0.4) is 0 Å². The SMILES string of the molecule is COC(=O)C1=C(N)Oc2n[nH]c(-c3ccccc3)c2C12C(=O)N(Cc1ccccc1)c1ccccc12. The molecule has 1 atom stereocenters. The van der Waals surface area contributed by atoms with Gasteiger partial charge in [-0.2, -0.15) is 0 Å². The number of carbonyl (C=O) groups excluding carboxylic acids is 2. The summed E-state index contributed by atoms with van der Waals surface area (Å²) in [6, 6.07) is 26.5. The zero-order valence-electron chi connectivity index (χ0n) is 19.4. The molecule has 1 spiro atoms. The fourth-order valence-corrected chi connectivity index (χ4v) is 5.24. The third kappa shape index (κ3) is 2.91. The lowest BCUT2D eigenvalue weighted by atomic mass is 9.68. The maximum absolute atomic E-state index is 14.7. The van der Waals surface area contributed by atoms with E-state index >= 15 is 0 Å². The molecule has 2 aliphatic rings. The number of ether oxygens (including phenoxy) is 2. The molecule has 8 nitrogen and oxygen atoms in total. The van der Waals surface area contributed by atoms with Crippen molar-refractivity contribution in [2.45, 2.75) is 12.0 Å². The summed E-state index contributed by atoms with van der Waals surface area (Å²) in [5.74, 6) is -1.16. The number of methoxy groups -OCH3 is 1. The fourth-order valence-electron chi connectivity index (χ4n) is 5.24. The Bertz CT molecular complexity index is 1530. The van der Waals surface area contributed by atoms with Crippen molar-refractivity contribution in [3.05, 3.63) is 113 Å². The lowest BCUT2D eigenvalue weighted by Gasteiger charge is -2.34. The lowest BCUT2D eigenvalue weighted by molar-refractivity contribution is -0.138. The van der Waals surface area contributed by atoms with E-state index in [1.165, 1.54) is 7.11 Å². The van der Waals surface area contributed by atoms with Crippen LogP contribution in [0.1, 0.15) is 16.7 Å².